The molecule has 0 spiro atoms. The fraction of sp³-hybridized carbons (Fsp3) is 0.320. The van der Waals surface area contributed by atoms with Crippen LogP contribution >= 0.6 is 0 Å². The number of hydrogen-bond donors (Lipinski definition) is 2. The van der Waals surface area contributed by atoms with Crippen LogP contribution in [0.25, 0.3) is 10.9 Å². The first-order chi connectivity index (χ1) is 15.3. The van der Waals surface area contributed by atoms with Gasteiger partial charge in [0.1, 0.15) is 11.2 Å². The highest BCUT2D eigenvalue weighted by atomic mass is 16.2. The molecule has 2 N–H and O–H groups in total. The number of amides is 3. The lowest BCUT2D eigenvalue weighted by atomic mass is 9.95. The van der Waals surface area contributed by atoms with Crippen LogP contribution in [0.3, 0.4) is 0 Å². The van der Waals surface area contributed by atoms with E-state index in [9.17, 15) is 14.4 Å². The largest absolute Gasteiger partial charge is 0.354 e. The summed E-state index contributed by atoms with van der Waals surface area (Å²) in [5.41, 5.74) is 2.71. The van der Waals surface area contributed by atoms with Crippen LogP contribution in [0.4, 0.5) is 0 Å². The van der Waals surface area contributed by atoms with Gasteiger partial charge in [-0.15, -0.1) is 0 Å². The summed E-state index contributed by atoms with van der Waals surface area (Å²) in [5.74, 6) is -0.830. The van der Waals surface area contributed by atoms with Crippen molar-refractivity contribution in [1.82, 2.24) is 20.1 Å². The average Bonchev–Trinajstić information content (AvgIpc) is 3.15. The lowest BCUT2D eigenvalue weighted by molar-refractivity contribution is -0.134. The van der Waals surface area contributed by atoms with E-state index in [4.69, 9.17) is 0 Å². The number of aromatic nitrogens is 1. The molecular weight excluding hydrogens is 404 g/mol. The molecule has 2 aromatic carbocycles. The van der Waals surface area contributed by atoms with Crippen molar-refractivity contribution in [3.8, 4) is 0 Å². The summed E-state index contributed by atoms with van der Waals surface area (Å²) in [7, 11) is 1.63. The lowest BCUT2D eigenvalue weighted by Gasteiger charge is -2.41. The minimum atomic E-state index is -1.10. The van der Waals surface area contributed by atoms with Gasteiger partial charge in [0.05, 0.1) is 13.1 Å². The van der Waals surface area contributed by atoms with E-state index < -0.39 is 5.54 Å². The van der Waals surface area contributed by atoms with E-state index in [-0.39, 0.29) is 24.3 Å². The van der Waals surface area contributed by atoms with Gasteiger partial charge in [-0.2, -0.15) is 0 Å². The number of nitrogens with one attached hydrogen (secondary N) is 2. The number of rotatable bonds is 6. The van der Waals surface area contributed by atoms with Gasteiger partial charge >= 0.3 is 0 Å². The van der Waals surface area contributed by atoms with Crippen LogP contribution in [-0.4, -0.2) is 52.9 Å². The van der Waals surface area contributed by atoms with E-state index in [0.717, 1.165) is 22.9 Å². The third kappa shape index (κ3) is 3.98. The maximum absolute atomic E-state index is 13.1. The highest BCUT2D eigenvalue weighted by Gasteiger charge is 2.45. The van der Waals surface area contributed by atoms with Crippen LogP contribution in [0, 0.1) is 6.92 Å². The third-order valence-corrected chi connectivity index (χ3v) is 6.30. The first kappa shape index (κ1) is 21.6. The summed E-state index contributed by atoms with van der Waals surface area (Å²) in [5, 5.41) is 6.51. The Balaban J connectivity index is 1.37. The molecule has 1 aliphatic rings. The van der Waals surface area contributed by atoms with E-state index in [1.54, 1.807) is 14.0 Å². The Morgan fingerprint density at radius 3 is 2.53 bits per heavy atom. The molecule has 0 fully saturated rings. The standard InChI is InChI=1S/C25H28N4O3/c1-17-8-10-18(11-9-17)12-13-26-22(30)15-27-24(32)25(2)16-29-20-7-5-4-6-19(20)14-21(29)23(31)28(25)3/h4-11,14H,12-13,15-16H2,1-3H3,(H,26,30)(H,27,32). The molecule has 3 amide bonds. The van der Waals surface area contributed by atoms with E-state index in [1.165, 1.54) is 10.5 Å². The number of aryl methyl sites for hydroxylation is 1. The molecule has 0 aliphatic carbocycles. The zero-order valence-corrected chi connectivity index (χ0v) is 18.6. The van der Waals surface area contributed by atoms with Crippen LogP contribution < -0.4 is 10.6 Å². The molecule has 1 unspecified atom stereocenters. The third-order valence-electron chi connectivity index (χ3n) is 6.30. The molecule has 1 aliphatic heterocycles. The van der Waals surface area contributed by atoms with Gasteiger partial charge in [-0.25, -0.2) is 0 Å². The lowest BCUT2D eigenvalue weighted by Crippen LogP contribution is -2.63. The number of para-hydroxylation sites is 1. The molecular formula is C25H28N4O3. The van der Waals surface area contributed by atoms with E-state index in [0.29, 0.717) is 18.8 Å². The predicted molar refractivity (Wildman–Crippen MR) is 123 cm³/mol. The Labute approximate surface area is 187 Å². The minimum Gasteiger partial charge on any atom is -0.354 e. The van der Waals surface area contributed by atoms with Crippen molar-refractivity contribution < 1.29 is 14.4 Å². The Morgan fingerprint density at radius 1 is 1.06 bits per heavy atom. The second-order valence-electron chi connectivity index (χ2n) is 8.58. The fourth-order valence-corrected chi connectivity index (χ4v) is 4.11. The summed E-state index contributed by atoms with van der Waals surface area (Å²) in [6.07, 6.45) is 0.721. The van der Waals surface area contributed by atoms with Gasteiger partial charge in [-0.1, -0.05) is 48.0 Å². The van der Waals surface area contributed by atoms with Crippen LogP contribution in [0.1, 0.15) is 28.5 Å². The summed E-state index contributed by atoms with van der Waals surface area (Å²) in [6.45, 7) is 4.44. The Hall–Kier alpha value is -3.61. The van der Waals surface area contributed by atoms with Crippen LogP contribution in [0.15, 0.2) is 54.6 Å². The minimum absolute atomic E-state index is 0.135. The number of benzene rings is 2. The molecule has 0 saturated carbocycles. The Morgan fingerprint density at radius 2 is 1.78 bits per heavy atom. The first-order valence-corrected chi connectivity index (χ1v) is 10.8. The predicted octanol–water partition coefficient (Wildman–Crippen LogP) is 2.27. The molecule has 1 atom stereocenters. The van der Waals surface area contributed by atoms with Crippen molar-refractivity contribution in [1.29, 1.82) is 0 Å². The van der Waals surface area contributed by atoms with E-state index >= 15 is 0 Å². The summed E-state index contributed by atoms with van der Waals surface area (Å²) in [4.78, 5) is 39.8. The van der Waals surface area contributed by atoms with Gasteiger partial charge in [0.25, 0.3) is 5.91 Å². The van der Waals surface area contributed by atoms with Crippen molar-refractivity contribution in [3.63, 3.8) is 0 Å². The normalized spacial score (nSPS) is 17.8. The van der Waals surface area contributed by atoms with E-state index in [1.807, 2.05) is 66.1 Å². The number of carbonyl (C=O) groups excluding carboxylic acids is 3. The number of fused-ring (bicyclic) bond motifs is 3. The smallest absolute Gasteiger partial charge is 0.271 e. The fourth-order valence-electron chi connectivity index (χ4n) is 4.11. The van der Waals surface area contributed by atoms with Crippen molar-refractivity contribution in [2.45, 2.75) is 32.4 Å². The zero-order valence-electron chi connectivity index (χ0n) is 18.6. The molecule has 7 heteroatoms. The summed E-state index contributed by atoms with van der Waals surface area (Å²) >= 11 is 0. The average molecular weight is 433 g/mol. The second-order valence-corrected chi connectivity index (χ2v) is 8.58. The molecule has 0 bridgehead atoms. The molecule has 1 aromatic heterocycles. The maximum atomic E-state index is 13.1. The van der Waals surface area contributed by atoms with Gasteiger partial charge in [0.15, 0.2) is 0 Å². The first-order valence-electron chi connectivity index (χ1n) is 10.8. The Kier molecular flexibility index (Phi) is 5.74. The van der Waals surface area contributed by atoms with Gasteiger partial charge in [-0.05, 0) is 38.0 Å². The number of carbonyl (C=O) groups is 3. The second kappa shape index (κ2) is 8.49. The monoisotopic (exact) mass is 432 g/mol. The summed E-state index contributed by atoms with van der Waals surface area (Å²) < 4.78 is 1.89. The quantitative estimate of drug-likeness (QED) is 0.627. The van der Waals surface area contributed by atoms with Gasteiger partial charge in [-0.3, -0.25) is 14.4 Å². The molecule has 32 heavy (non-hydrogen) atoms. The highest BCUT2D eigenvalue weighted by molar-refractivity contribution is 6.03. The molecule has 4 rings (SSSR count). The van der Waals surface area contributed by atoms with Crippen molar-refractivity contribution in [2.75, 3.05) is 20.1 Å². The molecule has 166 valence electrons. The van der Waals surface area contributed by atoms with Crippen LogP contribution in [-0.2, 0) is 22.6 Å². The van der Waals surface area contributed by atoms with Gasteiger partial charge < -0.3 is 20.1 Å². The maximum Gasteiger partial charge on any atom is 0.271 e. The zero-order chi connectivity index (χ0) is 22.9. The van der Waals surface area contributed by atoms with Crippen LogP contribution in [0.2, 0.25) is 0 Å². The molecule has 0 radical (unpaired) electrons. The van der Waals surface area contributed by atoms with Crippen molar-refractivity contribution in [3.05, 3.63) is 71.4 Å². The van der Waals surface area contributed by atoms with Gasteiger partial charge in [0.2, 0.25) is 11.8 Å². The Bertz CT molecular complexity index is 1180. The van der Waals surface area contributed by atoms with Crippen molar-refractivity contribution in [2.24, 2.45) is 0 Å². The number of nitrogens with zero attached hydrogens (tertiary/aromatic N) is 2. The van der Waals surface area contributed by atoms with Gasteiger partial charge in [0, 0.05) is 24.5 Å². The SMILES string of the molecule is Cc1ccc(CCNC(=O)CNC(=O)C2(C)Cn3c(cc4ccccc43)C(=O)N2C)cc1. The summed E-state index contributed by atoms with van der Waals surface area (Å²) in [6, 6.07) is 17.7. The topological polar surface area (TPSA) is 83.4 Å². The molecule has 3 aromatic rings. The molecule has 7 nitrogen and oxygen atoms in total. The van der Waals surface area contributed by atoms with E-state index in [2.05, 4.69) is 10.6 Å². The van der Waals surface area contributed by atoms with Crippen LogP contribution in [0.5, 0.6) is 0 Å². The number of likely N-dealkylation sites (N-methyl/N-ethyl adjacent to an activating group) is 1. The highest BCUT2D eigenvalue weighted by Crippen LogP contribution is 2.31. The molecule has 0 saturated heterocycles. The number of hydrogen-bond acceptors (Lipinski definition) is 3. The van der Waals surface area contributed by atoms with Crippen molar-refractivity contribution >= 4 is 28.6 Å². The molecule has 2 heterocycles.